The number of ether oxygens (including phenoxy) is 2. The molecule has 6 rings (SSSR count). The van der Waals surface area contributed by atoms with Crippen molar-refractivity contribution in [2.24, 2.45) is 5.73 Å². The Hall–Kier alpha value is -3.86. The molecule has 0 aromatic heterocycles. The van der Waals surface area contributed by atoms with Crippen LogP contribution in [0.4, 0.5) is 0 Å². The summed E-state index contributed by atoms with van der Waals surface area (Å²) in [5.74, 6) is 1.08. The average Bonchev–Trinajstić information content (AvgIpc) is 3.93. The molecule has 3 aromatic rings. The van der Waals surface area contributed by atoms with Crippen molar-refractivity contribution in [1.82, 2.24) is 15.1 Å². The number of carbonyl (C=O) groups excluding carboxylic acids is 3. The van der Waals surface area contributed by atoms with E-state index >= 15 is 0 Å². The molecule has 9 nitrogen and oxygen atoms in total. The quantitative estimate of drug-likeness (QED) is 0.191. The highest BCUT2D eigenvalue weighted by molar-refractivity contribution is 9.10. The Morgan fingerprint density at radius 3 is 2.24 bits per heavy atom. The standard InChI is InChI=1S/C38H42BrClN4O5/c39-27-10-16-31(17-11-27)49-21-20-48-30-14-8-25(9-15-30)32-22-28-23-43(36(46)7-3-6-35(41)45)24-34(42-28)37(32)38(47)44(29-12-13-29)19-18-26-4-1-2-5-33(26)40/h1-2,4-5,8-11,14-17,28-29,34,42H,3,6-7,12-13,18-24H2,(H2,41,45)/t28-,34-/m1/s1. The average molecular weight is 750 g/mol. The molecule has 49 heavy (non-hydrogen) atoms. The molecule has 11 heteroatoms. The summed E-state index contributed by atoms with van der Waals surface area (Å²) in [5.41, 5.74) is 9.02. The van der Waals surface area contributed by atoms with Crippen molar-refractivity contribution in [2.75, 3.05) is 32.8 Å². The van der Waals surface area contributed by atoms with Crippen molar-refractivity contribution in [3.8, 4) is 11.5 Å². The predicted octanol–water partition coefficient (Wildman–Crippen LogP) is 5.78. The van der Waals surface area contributed by atoms with Crippen LogP contribution in [0.1, 0.15) is 49.7 Å². The zero-order valence-electron chi connectivity index (χ0n) is 27.4. The molecule has 3 aliphatic rings. The summed E-state index contributed by atoms with van der Waals surface area (Å²) in [6, 6.07) is 23.2. The van der Waals surface area contributed by atoms with Gasteiger partial charge in [-0.3, -0.25) is 14.4 Å². The van der Waals surface area contributed by atoms with Gasteiger partial charge in [0, 0.05) is 59.6 Å². The van der Waals surface area contributed by atoms with Crippen LogP contribution in [0, 0.1) is 0 Å². The van der Waals surface area contributed by atoms with Gasteiger partial charge < -0.3 is 30.3 Å². The van der Waals surface area contributed by atoms with Crippen molar-refractivity contribution < 1.29 is 23.9 Å². The number of rotatable bonds is 15. The smallest absolute Gasteiger partial charge is 0.252 e. The van der Waals surface area contributed by atoms with Crippen LogP contribution in [0.15, 0.2) is 82.8 Å². The van der Waals surface area contributed by atoms with Crippen LogP contribution in [-0.4, -0.2) is 78.5 Å². The fourth-order valence-corrected chi connectivity index (χ4v) is 7.17. The number of amides is 3. The predicted molar refractivity (Wildman–Crippen MR) is 193 cm³/mol. The van der Waals surface area contributed by atoms with E-state index in [1.165, 1.54) is 0 Å². The maximum atomic E-state index is 14.7. The number of hydrogen-bond donors (Lipinski definition) is 2. The molecule has 2 bridgehead atoms. The van der Waals surface area contributed by atoms with Crippen LogP contribution in [0.5, 0.6) is 11.5 Å². The number of nitrogens with two attached hydrogens (primary N) is 1. The van der Waals surface area contributed by atoms with Gasteiger partial charge in [0.2, 0.25) is 11.8 Å². The van der Waals surface area contributed by atoms with Gasteiger partial charge in [0.1, 0.15) is 24.7 Å². The number of fused-ring (bicyclic) bond motifs is 2. The Kier molecular flexibility index (Phi) is 11.6. The van der Waals surface area contributed by atoms with Crippen molar-refractivity contribution in [1.29, 1.82) is 0 Å². The normalized spacial score (nSPS) is 18.6. The number of halogens is 2. The largest absolute Gasteiger partial charge is 0.490 e. The van der Waals surface area contributed by atoms with Crippen LogP contribution in [0.3, 0.4) is 0 Å². The number of piperazine rings is 1. The SMILES string of the molecule is NC(=O)CCCC(=O)N1C[C@H]2CC(c3ccc(OCCOc4ccc(Br)cc4)cc3)=C(C(=O)N(CCc3ccccc3Cl)C3CC3)[C@@H](C1)N2. The zero-order chi connectivity index (χ0) is 34.3. The zero-order valence-corrected chi connectivity index (χ0v) is 29.8. The fourth-order valence-electron chi connectivity index (χ4n) is 6.68. The molecule has 1 saturated carbocycles. The second kappa shape index (κ2) is 16.2. The lowest BCUT2D eigenvalue weighted by atomic mass is 9.82. The minimum absolute atomic E-state index is 0.00502. The number of nitrogens with zero attached hydrogens (tertiary/aromatic N) is 2. The van der Waals surface area contributed by atoms with Gasteiger partial charge in [0.15, 0.2) is 0 Å². The van der Waals surface area contributed by atoms with Crippen LogP contribution in [-0.2, 0) is 20.8 Å². The van der Waals surface area contributed by atoms with Crippen LogP contribution in [0.25, 0.3) is 5.57 Å². The van der Waals surface area contributed by atoms with E-state index in [-0.39, 0.29) is 42.8 Å². The molecule has 1 saturated heterocycles. The van der Waals surface area contributed by atoms with Crippen LogP contribution in [0.2, 0.25) is 5.02 Å². The summed E-state index contributed by atoms with van der Waals surface area (Å²) in [4.78, 5) is 43.0. The second-order valence-corrected chi connectivity index (χ2v) is 14.2. The topological polar surface area (TPSA) is 114 Å². The molecule has 0 unspecified atom stereocenters. The molecular weight excluding hydrogens is 708 g/mol. The highest BCUT2D eigenvalue weighted by atomic mass is 79.9. The Labute approximate surface area is 300 Å². The first kappa shape index (κ1) is 35.0. The van der Waals surface area contributed by atoms with Gasteiger partial charge in [-0.15, -0.1) is 0 Å². The molecule has 2 atom stereocenters. The molecule has 3 amide bonds. The van der Waals surface area contributed by atoms with E-state index in [2.05, 4.69) is 21.2 Å². The minimum Gasteiger partial charge on any atom is -0.490 e. The van der Waals surface area contributed by atoms with E-state index in [1.807, 2.05) is 82.6 Å². The summed E-state index contributed by atoms with van der Waals surface area (Å²) >= 11 is 9.92. The highest BCUT2D eigenvalue weighted by Gasteiger charge is 2.43. The van der Waals surface area contributed by atoms with Crippen molar-refractivity contribution in [2.45, 2.75) is 63.1 Å². The Bertz CT molecular complexity index is 1680. The number of nitrogens with one attached hydrogen (secondary N) is 1. The van der Waals surface area contributed by atoms with Gasteiger partial charge in [0.25, 0.3) is 5.91 Å². The molecule has 3 N–H and O–H groups in total. The third-order valence-corrected chi connectivity index (χ3v) is 10.2. The number of hydrogen-bond acceptors (Lipinski definition) is 6. The monoisotopic (exact) mass is 748 g/mol. The summed E-state index contributed by atoms with van der Waals surface area (Å²) in [5, 5.41) is 4.37. The minimum atomic E-state index is -0.409. The van der Waals surface area contributed by atoms with Crippen LogP contribution < -0.4 is 20.5 Å². The Morgan fingerprint density at radius 1 is 0.918 bits per heavy atom. The van der Waals surface area contributed by atoms with Gasteiger partial charge in [-0.25, -0.2) is 0 Å². The summed E-state index contributed by atoms with van der Waals surface area (Å²) in [6.45, 7) is 2.28. The molecule has 1 aliphatic carbocycles. The molecule has 2 aliphatic heterocycles. The molecular formula is C38H42BrClN4O5. The Balaban J connectivity index is 1.21. The lowest BCUT2D eigenvalue weighted by Crippen LogP contribution is -2.62. The van der Waals surface area contributed by atoms with E-state index < -0.39 is 5.91 Å². The number of primary amides is 1. The highest BCUT2D eigenvalue weighted by Crippen LogP contribution is 2.37. The van der Waals surface area contributed by atoms with E-state index in [0.717, 1.165) is 45.5 Å². The molecule has 3 aromatic carbocycles. The molecule has 2 fully saturated rings. The number of benzene rings is 3. The van der Waals surface area contributed by atoms with Gasteiger partial charge >= 0.3 is 0 Å². The molecule has 2 heterocycles. The van der Waals surface area contributed by atoms with E-state index in [1.54, 1.807) is 0 Å². The summed E-state index contributed by atoms with van der Waals surface area (Å²) < 4.78 is 12.7. The maximum absolute atomic E-state index is 14.7. The van der Waals surface area contributed by atoms with Gasteiger partial charge in [-0.2, -0.15) is 0 Å². The summed E-state index contributed by atoms with van der Waals surface area (Å²) in [7, 11) is 0. The second-order valence-electron chi connectivity index (χ2n) is 12.9. The van der Waals surface area contributed by atoms with Crippen LogP contribution >= 0.6 is 27.5 Å². The fraction of sp³-hybridized carbons (Fsp3) is 0.395. The van der Waals surface area contributed by atoms with Crippen molar-refractivity contribution >= 4 is 50.8 Å². The first-order valence-corrected chi connectivity index (χ1v) is 18.1. The van der Waals surface area contributed by atoms with Crippen molar-refractivity contribution in [3.05, 3.63) is 99.0 Å². The third-order valence-electron chi connectivity index (χ3n) is 9.27. The first-order valence-electron chi connectivity index (χ1n) is 17.0. The lowest BCUT2D eigenvalue weighted by Gasteiger charge is -2.45. The molecule has 0 radical (unpaired) electrons. The third kappa shape index (κ3) is 9.23. The summed E-state index contributed by atoms with van der Waals surface area (Å²) in [6.07, 6.45) is 4.06. The first-order chi connectivity index (χ1) is 23.7. The maximum Gasteiger partial charge on any atom is 0.252 e. The number of carbonyl (C=O) groups is 3. The Morgan fingerprint density at radius 2 is 1.59 bits per heavy atom. The van der Waals surface area contributed by atoms with Gasteiger partial charge in [0.05, 0.1) is 6.04 Å². The lowest BCUT2D eigenvalue weighted by molar-refractivity contribution is -0.134. The molecule has 0 spiro atoms. The van der Waals surface area contributed by atoms with E-state index in [4.69, 9.17) is 26.8 Å². The molecule has 258 valence electrons. The van der Waals surface area contributed by atoms with E-state index in [0.29, 0.717) is 62.7 Å². The van der Waals surface area contributed by atoms with Crippen molar-refractivity contribution in [3.63, 3.8) is 0 Å². The van der Waals surface area contributed by atoms with E-state index in [9.17, 15) is 14.4 Å². The van der Waals surface area contributed by atoms with Gasteiger partial charge in [-0.1, -0.05) is 57.9 Å². The van der Waals surface area contributed by atoms with Gasteiger partial charge in [-0.05, 0) is 91.3 Å².